The van der Waals surface area contributed by atoms with Crippen LogP contribution in [0.15, 0.2) is 12.2 Å². The number of hydrogen-bond donors (Lipinski definition) is 1. The summed E-state index contributed by atoms with van der Waals surface area (Å²) in [6, 6.07) is -0.290. The van der Waals surface area contributed by atoms with E-state index in [4.69, 9.17) is 9.47 Å². The molecule has 1 N–H and O–H groups in total. The Bertz CT molecular complexity index is 446. The van der Waals surface area contributed by atoms with Crippen molar-refractivity contribution in [2.45, 2.75) is 60.6 Å². The van der Waals surface area contributed by atoms with Gasteiger partial charge < -0.3 is 14.8 Å². The molecule has 1 atom stereocenters. The SMILES string of the molecule is CC(C)OC(=O)/C=C/C(=O)OCC(NC(=O)C(C)(C)C)C(C)C. The van der Waals surface area contributed by atoms with E-state index in [1.807, 2.05) is 34.6 Å². The van der Waals surface area contributed by atoms with E-state index in [1.54, 1.807) is 13.8 Å². The molecular formula is C17H29NO5. The van der Waals surface area contributed by atoms with Gasteiger partial charge in [-0.3, -0.25) is 4.79 Å². The van der Waals surface area contributed by atoms with Crippen LogP contribution in [0, 0.1) is 11.3 Å². The number of nitrogens with one attached hydrogen (secondary N) is 1. The highest BCUT2D eigenvalue weighted by Crippen LogP contribution is 2.14. The molecule has 0 bridgehead atoms. The van der Waals surface area contributed by atoms with Gasteiger partial charge in [0.05, 0.1) is 12.1 Å². The van der Waals surface area contributed by atoms with Crippen molar-refractivity contribution in [1.29, 1.82) is 0 Å². The molecule has 0 saturated carbocycles. The van der Waals surface area contributed by atoms with Crippen LogP contribution in [-0.4, -0.2) is 36.6 Å². The van der Waals surface area contributed by atoms with Crippen molar-refractivity contribution in [3.63, 3.8) is 0 Å². The second-order valence-corrected chi connectivity index (χ2v) is 7.02. The molecule has 23 heavy (non-hydrogen) atoms. The molecule has 1 amide bonds. The summed E-state index contributed by atoms with van der Waals surface area (Å²) in [4.78, 5) is 34.9. The lowest BCUT2D eigenvalue weighted by Gasteiger charge is -2.26. The van der Waals surface area contributed by atoms with Crippen molar-refractivity contribution in [2.75, 3.05) is 6.61 Å². The van der Waals surface area contributed by atoms with E-state index >= 15 is 0 Å². The quantitative estimate of drug-likeness (QED) is 0.573. The molecular weight excluding hydrogens is 298 g/mol. The molecule has 132 valence electrons. The number of ether oxygens (including phenoxy) is 2. The lowest BCUT2D eigenvalue weighted by atomic mass is 9.94. The van der Waals surface area contributed by atoms with Crippen LogP contribution < -0.4 is 5.32 Å². The molecule has 0 fully saturated rings. The van der Waals surface area contributed by atoms with Crippen LogP contribution in [0.3, 0.4) is 0 Å². The minimum absolute atomic E-state index is 0.0435. The lowest BCUT2D eigenvalue weighted by molar-refractivity contribution is -0.143. The molecule has 0 radical (unpaired) electrons. The summed E-state index contributed by atoms with van der Waals surface area (Å²) in [5, 5.41) is 2.87. The summed E-state index contributed by atoms with van der Waals surface area (Å²) < 4.78 is 9.95. The predicted octanol–water partition coefficient (Wildman–Crippen LogP) is 2.22. The van der Waals surface area contributed by atoms with Crippen LogP contribution in [0.4, 0.5) is 0 Å². The van der Waals surface area contributed by atoms with E-state index in [2.05, 4.69) is 5.32 Å². The topological polar surface area (TPSA) is 81.7 Å². The minimum atomic E-state index is -0.652. The Morgan fingerprint density at radius 2 is 1.52 bits per heavy atom. The zero-order chi connectivity index (χ0) is 18.2. The number of carbonyl (C=O) groups is 3. The van der Waals surface area contributed by atoms with Gasteiger partial charge in [-0.2, -0.15) is 0 Å². The van der Waals surface area contributed by atoms with Crippen LogP contribution >= 0.6 is 0 Å². The average molecular weight is 327 g/mol. The first kappa shape index (κ1) is 21.1. The van der Waals surface area contributed by atoms with Crippen LogP contribution in [0.2, 0.25) is 0 Å². The Labute approximate surface area is 138 Å². The fourth-order valence-electron chi connectivity index (χ4n) is 1.41. The van der Waals surface area contributed by atoms with E-state index in [1.165, 1.54) is 0 Å². The van der Waals surface area contributed by atoms with Crippen molar-refractivity contribution in [3.05, 3.63) is 12.2 Å². The highest BCUT2D eigenvalue weighted by molar-refractivity contribution is 5.91. The molecule has 0 aliphatic rings. The molecule has 0 aromatic rings. The summed E-state index contributed by atoms with van der Waals surface area (Å²) in [6.45, 7) is 12.8. The van der Waals surface area contributed by atoms with E-state index in [0.29, 0.717) is 0 Å². The van der Waals surface area contributed by atoms with Gasteiger partial charge in [0, 0.05) is 17.6 Å². The van der Waals surface area contributed by atoms with Crippen molar-refractivity contribution in [1.82, 2.24) is 5.32 Å². The fraction of sp³-hybridized carbons (Fsp3) is 0.706. The maximum Gasteiger partial charge on any atom is 0.331 e. The second-order valence-electron chi connectivity index (χ2n) is 7.02. The Kier molecular flexibility index (Phi) is 8.58. The standard InChI is InChI=1S/C17H29NO5/c1-11(2)13(18-16(21)17(5,6)7)10-22-14(19)8-9-15(20)23-12(3)4/h8-9,11-13H,10H2,1-7H3,(H,18,21)/b9-8+. The molecule has 0 spiro atoms. The molecule has 0 aromatic heterocycles. The second kappa shape index (κ2) is 9.33. The van der Waals surface area contributed by atoms with Gasteiger partial charge in [-0.25, -0.2) is 9.59 Å². The maximum absolute atomic E-state index is 12.0. The smallest absolute Gasteiger partial charge is 0.331 e. The first-order chi connectivity index (χ1) is 10.4. The first-order valence-electron chi connectivity index (χ1n) is 7.80. The van der Waals surface area contributed by atoms with Gasteiger partial charge in [0.1, 0.15) is 6.61 Å². The van der Waals surface area contributed by atoms with Crippen molar-refractivity contribution in [3.8, 4) is 0 Å². The Morgan fingerprint density at radius 1 is 1.00 bits per heavy atom. The van der Waals surface area contributed by atoms with Crippen molar-refractivity contribution in [2.24, 2.45) is 11.3 Å². The Hall–Kier alpha value is -1.85. The highest BCUT2D eigenvalue weighted by Gasteiger charge is 2.26. The molecule has 1 unspecified atom stereocenters. The summed E-state index contributed by atoms with van der Waals surface area (Å²) in [6.07, 6.45) is 1.80. The zero-order valence-electron chi connectivity index (χ0n) is 15.1. The van der Waals surface area contributed by atoms with Gasteiger partial charge in [-0.1, -0.05) is 34.6 Å². The third-order valence-corrected chi connectivity index (χ3v) is 2.91. The highest BCUT2D eigenvalue weighted by atomic mass is 16.5. The fourth-order valence-corrected chi connectivity index (χ4v) is 1.41. The molecule has 0 rings (SSSR count). The van der Waals surface area contributed by atoms with E-state index < -0.39 is 17.4 Å². The Morgan fingerprint density at radius 3 is 1.96 bits per heavy atom. The van der Waals surface area contributed by atoms with Gasteiger partial charge in [0.2, 0.25) is 5.91 Å². The number of hydrogen-bond acceptors (Lipinski definition) is 5. The van der Waals surface area contributed by atoms with E-state index in [-0.39, 0.29) is 30.6 Å². The maximum atomic E-state index is 12.0. The first-order valence-corrected chi connectivity index (χ1v) is 7.80. The molecule has 6 heteroatoms. The third kappa shape index (κ3) is 9.71. The molecule has 0 saturated heterocycles. The summed E-state index contributed by atoms with van der Waals surface area (Å²) in [7, 11) is 0. The molecule has 0 aliphatic heterocycles. The summed E-state index contributed by atoms with van der Waals surface area (Å²) >= 11 is 0. The Balaban J connectivity index is 4.47. The minimum Gasteiger partial charge on any atom is -0.460 e. The van der Waals surface area contributed by atoms with Gasteiger partial charge in [-0.05, 0) is 19.8 Å². The molecule has 0 heterocycles. The summed E-state index contributed by atoms with van der Waals surface area (Å²) in [5.74, 6) is -1.26. The zero-order valence-corrected chi connectivity index (χ0v) is 15.1. The van der Waals surface area contributed by atoms with Gasteiger partial charge in [0.15, 0.2) is 0 Å². The lowest BCUT2D eigenvalue weighted by Crippen LogP contribution is -2.46. The molecule has 6 nitrogen and oxygen atoms in total. The van der Waals surface area contributed by atoms with Crippen molar-refractivity contribution < 1.29 is 23.9 Å². The van der Waals surface area contributed by atoms with Crippen LogP contribution in [-0.2, 0) is 23.9 Å². The number of rotatable bonds is 7. The summed E-state index contributed by atoms with van der Waals surface area (Å²) in [5.41, 5.74) is -0.516. The van der Waals surface area contributed by atoms with Crippen LogP contribution in [0.25, 0.3) is 0 Å². The monoisotopic (exact) mass is 327 g/mol. The van der Waals surface area contributed by atoms with E-state index in [9.17, 15) is 14.4 Å². The molecule has 0 aliphatic carbocycles. The number of esters is 2. The number of carbonyl (C=O) groups excluding carboxylic acids is 3. The van der Waals surface area contributed by atoms with Crippen LogP contribution in [0.1, 0.15) is 48.5 Å². The van der Waals surface area contributed by atoms with Gasteiger partial charge in [0.25, 0.3) is 0 Å². The van der Waals surface area contributed by atoms with Crippen molar-refractivity contribution >= 4 is 17.8 Å². The predicted molar refractivity (Wildman–Crippen MR) is 87.6 cm³/mol. The average Bonchev–Trinajstić information content (AvgIpc) is 2.38. The van der Waals surface area contributed by atoms with Gasteiger partial charge in [-0.15, -0.1) is 0 Å². The molecule has 0 aromatic carbocycles. The van der Waals surface area contributed by atoms with Gasteiger partial charge >= 0.3 is 11.9 Å². The van der Waals surface area contributed by atoms with Crippen LogP contribution in [0.5, 0.6) is 0 Å². The third-order valence-electron chi connectivity index (χ3n) is 2.91. The largest absolute Gasteiger partial charge is 0.460 e. The normalized spacial score (nSPS) is 13.3. The number of amides is 1. The van der Waals surface area contributed by atoms with E-state index in [0.717, 1.165) is 12.2 Å².